The molecule has 218 valence electrons. The van der Waals surface area contributed by atoms with Crippen LogP contribution in [-0.4, -0.2) is 66.8 Å². The van der Waals surface area contributed by atoms with E-state index in [4.69, 9.17) is 11.6 Å². The third-order valence-electron chi connectivity index (χ3n) is 7.76. The van der Waals surface area contributed by atoms with Gasteiger partial charge in [0.25, 0.3) is 0 Å². The number of nitrogens with one attached hydrogen (secondary N) is 3. The Kier molecular flexibility index (Phi) is 9.71. The number of anilines is 1. The number of carboxylic acid groups (broad SMARTS) is 1. The van der Waals surface area contributed by atoms with Gasteiger partial charge in [-0.2, -0.15) is 4.31 Å². The van der Waals surface area contributed by atoms with Crippen molar-refractivity contribution >= 4 is 39.3 Å². The second-order valence-corrected chi connectivity index (χ2v) is 13.3. The maximum atomic E-state index is 15.1. The predicted octanol–water partition coefficient (Wildman–Crippen LogP) is 4.19. The molecule has 9 nitrogen and oxygen atoms in total. The Morgan fingerprint density at radius 3 is 2.60 bits per heavy atom. The molecule has 0 spiro atoms. The zero-order valence-electron chi connectivity index (χ0n) is 22.6. The third kappa shape index (κ3) is 7.12. The fourth-order valence-corrected chi connectivity index (χ4v) is 7.73. The standard InChI is InChI=1S/C28H36ClFN4O5S/c1-17(2)25(18-8-10-19(29)11-9-18)26(33-28(36)37)27(35)32-24-7-3-6-23(30)22(24)13-12-21-15-31-20-5-4-14-40(38,39)34(21)16-20/h3,6-11,17,20-21,25-26,31,33H,4-5,12-16H2,1-2H3,(H,32,35)(H,36,37). The first-order chi connectivity index (χ1) is 19.0. The van der Waals surface area contributed by atoms with Crippen molar-refractivity contribution in [1.29, 1.82) is 0 Å². The van der Waals surface area contributed by atoms with Gasteiger partial charge in [0.05, 0.1) is 5.75 Å². The second kappa shape index (κ2) is 12.8. The van der Waals surface area contributed by atoms with E-state index in [1.54, 1.807) is 34.6 Å². The smallest absolute Gasteiger partial charge is 0.405 e. The van der Waals surface area contributed by atoms with Crippen LogP contribution in [0.2, 0.25) is 5.02 Å². The number of carbonyl (C=O) groups excluding carboxylic acids is 1. The second-order valence-electron chi connectivity index (χ2n) is 10.8. The van der Waals surface area contributed by atoms with E-state index in [1.807, 2.05) is 13.8 Å². The molecule has 12 heteroatoms. The van der Waals surface area contributed by atoms with Crippen LogP contribution in [-0.2, 0) is 21.2 Å². The van der Waals surface area contributed by atoms with E-state index in [2.05, 4.69) is 16.0 Å². The molecule has 2 aliphatic rings. The van der Waals surface area contributed by atoms with Crippen molar-refractivity contribution in [2.24, 2.45) is 5.92 Å². The maximum absolute atomic E-state index is 15.1. The van der Waals surface area contributed by atoms with Crippen LogP contribution in [0.5, 0.6) is 0 Å². The molecule has 2 heterocycles. The van der Waals surface area contributed by atoms with Gasteiger partial charge in [0.1, 0.15) is 11.9 Å². The van der Waals surface area contributed by atoms with Gasteiger partial charge in [-0.05, 0) is 61.4 Å². The monoisotopic (exact) mass is 594 g/mol. The molecular formula is C28H36ClFN4O5S. The van der Waals surface area contributed by atoms with Crippen LogP contribution in [0.3, 0.4) is 0 Å². The lowest BCUT2D eigenvalue weighted by atomic mass is 9.82. The fraction of sp³-hybridized carbons (Fsp3) is 0.500. The Morgan fingerprint density at radius 2 is 1.93 bits per heavy atom. The molecular weight excluding hydrogens is 559 g/mol. The van der Waals surface area contributed by atoms with Crippen LogP contribution >= 0.6 is 11.6 Å². The molecule has 2 aromatic rings. The molecule has 5 unspecified atom stereocenters. The summed E-state index contributed by atoms with van der Waals surface area (Å²) in [5.41, 5.74) is 1.20. The Labute approximate surface area is 239 Å². The van der Waals surface area contributed by atoms with Gasteiger partial charge in [0.15, 0.2) is 0 Å². The maximum Gasteiger partial charge on any atom is 0.405 e. The average Bonchev–Trinajstić information content (AvgIpc) is 3.00. The SMILES string of the molecule is CC(C)C(c1ccc(Cl)cc1)C(NC(=O)O)C(=O)Nc1cccc(F)c1CCC1CNC2CCCS(=O)(=O)N1C2. The van der Waals surface area contributed by atoms with Crippen molar-refractivity contribution in [2.45, 2.75) is 63.6 Å². The predicted molar refractivity (Wildman–Crippen MR) is 153 cm³/mol. The highest BCUT2D eigenvalue weighted by Crippen LogP contribution is 2.31. The molecule has 2 aromatic carbocycles. The highest BCUT2D eigenvalue weighted by Gasteiger charge is 2.38. The minimum atomic E-state index is -3.40. The molecule has 2 amide bonds. The molecule has 2 saturated heterocycles. The summed E-state index contributed by atoms with van der Waals surface area (Å²) in [5, 5.41) is 18.6. The van der Waals surface area contributed by atoms with Gasteiger partial charge in [-0.1, -0.05) is 43.6 Å². The molecule has 4 rings (SSSR count). The van der Waals surface area contributed by atoms with Crippen molar-refractivity contribution in [2.75, 3.05) is 24.2 Å². The Morgan fingerprint density at radius 1 is 1.20 bits per heavy atom. The normalized spacial score (nSPS) is 23.6. The number of fused-ring (bicyclic) bond motifs is 2. The van der Waals surface area contributed by atoms with Crippen molar-refractivity contribution in [3.05, 3.63) is 64.4 Å². The van der Waals surface area contributed by atoms with Crippen LogP contribution < -0.4 is 16.0 Å². The van der Waals surface area contributed by atoms with Gasteiger partial charge >= 0.3 is 6.09 Å². The Hall–Kier alpha value is -2.73. The van der Waals surface area contributed by atoms with E-state index in [1.165, 1.54) is 12.1 Å². The summed E-state index contributed by atoms with van der Waals surface area (Å²) < 4.78 is 42.3. The topological polar surface area (TPSA) is 128 Å². The summed E-state index contributed by atoms with van der Waals surface area (Å²) in [6.07, 6.45) is 0.587. The zero-order chi connectivity index (χ0) is 29.0. The van der Waals surface area contributed by atoms with Gasteiger partial charge in [-0.25, -0.2) is 17.6 Å². The lowest BCUT2D eigenvalue weighted by molar-refractivity contribution is -0.118. The minimum absolute atomic E-state index is 0.102. The van der Waals surface area contributed by atoms with Gasteiger partial charge in [0, 0.05) is 47.4 Å². The lowest BCUT2D eigenvalue weighted by Crippen LogP contribution is -2.57. The highest BCUT2D eigenvalue weighted by molar-refractivity contribution is 7.89. The van der Waals surface area contributed by atoms with Crippen LogP contribution in [0, 0.1) is 11.7 Å². The van der Waals surface area contributed by atoms with Crippen molar-refractivity contribution in [1.82, 2.24) is 14.9 Å². The number of carbonyl (C=O) groups is 2. The van der Waals surface area contributed by atoms with E-state index in [9.17, 15) is 23.1 Å². The van der Waals surface area contributed by atoms with E-state index in [-0.39, 0.29) is 41.4 Å². The van der Waals surface area contributed by atoms with E-state index < -0.39 is 39.8 Å². The number of piperazine rings is 1. The molecule has 5 atom stereocenters. The lowest BCUT2D eigenvalue weighted by Gasteiger charge is -2.37. The average molecular weight is 595 g/mol. The number of nitrogens with zero attached hydrogens (tertiary/aromatic N) is 1. The number of hydrogen-bond acceptors (Lipinski definition) is 5. The molecule has 0 aromatic heterocycles. The quantitative estimate of drug-likeness (QED) is 0.345. The Balaban J connectivity index is 1.56. The molecule has 40 heavy (non-hydrogen) atoms. The molecule has 0 aliphatic carbocycles. The van der Waals surface area contributed by atoms with Gasteiger partial charge in [0.2, 0.25) is 15.9 Å². The van der Waals surface area contributed by atoms with Crippen LogP contribution in [0.25, 0.3) is 0 Å². The number of sulfonamides is 1. The Bertz CT molecular complexity index is 1320. The number of benzene rings is 2. The van der Waals surface area contributed by atoms with E-state index in [0.717, 1.165) is 12.0 Å². The summed E-state index contributed by atoms with van der Waals surface area (Å²) in [5.74, 6) is -1.71. The van der Waals surface area contributed by atoms with Crippen molar-refractivity contribution < 1.29 is 27.5 Å². The summed E-state index contributed by atoms with van der Waals surface area (Å²) in [4.78, 5) is 25.3. The summed E-state index contributed by atoms with van der Waals surface area (Å²) in [6.45, 7) is 4.65. The van der Waals surface area contributed by atoms with Gasteiger partial charge in [-0.15, -0.1) is 0 Å². The van der Waals surface area contributed by atoms with Crippen LogP contribution in [0.4, 0.5) is 14.9 Å². The zero-order valence-corrected chi connectivity index (χ0v) is 24.1. The van der Waals surface area contributed by atoms with Gasteiger partial charge < -0.3 is 21.1 Å². The summed E-state index contributed by atoms with van der Waals surface area (Å²) >= 11 is 6.04. The van der Waals surface area contributed by atoms with Gasteiger partial charge in [-0.3, -0.25) is 4.79 Å². The molecule has 2 aliphatic heterocycles. The van der Waals surface area contributed by atoms with Crippen LogP contribution in [0.15, 0.2) is 42.5 Å². The van der Waals surface area contributed by atoms with E-state index in [0.29, 0.717) is 31.0 Å². The number of halogens is 2. The third-order valence-corrected chi connectivity index (χ3v) is 9.98. The first kappa shape index (κ1) is 30.2. The van der Waals surface area contributed by atoms with Crippen molar-refractivity contribution in [3.8, 4) is 0 Å². The van der Waals surface area contributed by atoms with E-state index >= 15 is 4.39 Å². The first-order valence-corrected chi connectivity index (χ1v) is 15.5. The first-order valence-electron chi connectivity index (χ1n) is 13.5. The molecule has 4 N–H and O–H groups in total. The molecule has 0 radical (unpaired) electrons. The highest BCUT2D eigenvalue weighted by atomic mass is 35.5. The number of amides is 2. The molecule has 2 fully saturated rings. The number of hydrogen-bond donors (Lipinski definition) is 4. The summed E-state index contributed by atoms with van der Waals surface area (Å²) in [6, 6.07) is 9.81. The molecule has 0 saturated carbocycles. The van der Waals surface area contributed by atoms with Crippen LogP contribution in [0.1, 0.15) is 50.2 Å². The summed E-state index contributed by atoms with van der Waals surface area (Å²) in [7, 11) is -3.40. The number of rotatable bonds is 9. The molecule has 2 bridgehead atoms. The van der Waals surface area contributed by atoms with Crippen molar-refractivity contribution in [3.63, 3.8) is 0 Å². The largest absolute Gasteiger partial charge is 0.465 e. The fourth-order valence-electron chi connectivity index (χ4n) is 5.79. The minimum Gasteiger partial charge on any atom is -0.465 e.